The average Bonchev–Trinajstić information content (AvgIpc) is 2.24. The minimum Gasteiger partial charge on any atom is -0.385 e. The van der Waals surface area contributed by atoms with Crippen molar-refractivity contribution in [3.63, 3.8) is 0 Å². The lowest BCUT2D eigenvalue weighted by Gasteiger charge is -2.39. The van der Waals surface area contributed by atoms with Gasteiger partial charge in [-0.25, -0.2) is 0 Å². The van der Waals surface area contributed by atoms with E-state index in [0.29, 0.717) is 0 Å². The predicted molar refractivity (Wildman–Crippen MR) is 71.7 cm³/mol. The van der Waals surface area contributed by atoms with E-state index in [1.165, 1.54) is 12.1 Å². The molecule has 1 aliphatic rings. The molecule has 1 aromatic carbocycles. The molecule has 0 bridgehead atoms. The van der Waals surface area contributed by atoms with Crippen LogP contribution >= 0.6 is 11.6 Å². The van der Waals surface area contributed by atoms with Crippen molar-refractivity contribution in [2.24, 2.45) is 0 Å². The molecule has 0 radical (unpaired) electrons. The fraction of sp³-hybridized carbons (Fsp3) is 0.538. The fourth-order valence-electron chi connectivity index (χ4n) is 2.39. The van der Waals surface area contributed by atoms with E-state index in [0.717, 1.165) is 23.4 Å². The zero-order valence-electron chi connectivity index (χ0n) is 9.96. The lowest BCUT2D eigenvalue weighted by Crippen LogP contribution is -2.39. The van der Waals surface area contributed by atoms with Gasteiger partial charge in [0.15, 0.2) is 0 Å². The van der Waals surface area contributed by atoms with Gasteiger partial charge in [-0.1, -0.05) is 48.9 Å². The molecular weight excluding hydrogens is 236 g/mol. The maximum Gasteiger partial charge on any atom is 0.0891 e. The Morgan fingerprint density at radius 2 is 1.62 bits per heavy atom. The van der Waals surface area contributed by atoms with Crippen molar-refractivity contribution < 1.29 is 5.11 Å². The molecule has 1 fully saturated rings. The van der Waals surface area contributed by atoms with Crippen LogP contribution in [0.4, 0.5) is 0 Å². The number of halogens is 1. The molecule has 0 aromatic heterocycles. The van der Waals surface area contributed by atoms with Crippen molar-refractivity contribution in [1.82, 2.24) is 0 Å². The van der Waals surface area contributed by atoms with Crippen LogP contribution in [0.25, 0.3) is 0 Å². The van der Waals surface area contributed by atoms with Crippen molar-refractivity contribution >= 4 is 19.7 Å². The molecule has 1 nitrogen and oxygen atoms in total. The van der Waals surface area contributed by atoms with Crippen LogP contribution in [-0.2, 0) is 5.60 Å². The first-order chi connectivity index (χ1) is 7.41. The van der Waals surface area contributed by atoms with Gasteiger partial charge in [0, 0.05) is 13.1 Å². The smallest absolute Gasteiger partial charge is 0.0891 e. The minimum atomic E-state index is -1.01. The molecular formula is C13H19ClOSi. The van der Waals surface area contributed by atoms with E-state index in [4.69, 9.17) is 11.6 Å². The Hall–Kier alpha value is -0.313. The van der Waals surface area contributed by atoms with Gasteiger partial charge in [-0.15, -0.1) is 0 Å². The van der Waals surface area contributed by atoms with Crippen molar-refractivity contribution in [2.75, 3.05) is 0 Å². The molecule has 16 heavy (non-hydrogen) atoms. The monoisotopic (exact) mass is 254 g/mol. The highest BCUT2D eigenvalue weighted by Crippen LogP contribution is 2.41. The standard InChI is InChI=1S/C13H19ClOSi/c1-16(2)9-7-13(15,8-10-16)11-3-5-12(14)6-4-11/h3-6,15H,7-10H2,1-2H3. The fourth-order valence-corrected chi connectivity index (χ4v) is 4.95. The van der Waals surface area contributed by atoms with Gasteiger partial charge in [-0.2, -0.15) is 0 Å². The molecule has 1 heterocycles. The second-order valence-corrected chi connectivity index (χ2v) is 11.5. The lowest BCUT2D eigenvalue weighted by atomic mass is 9.88. The van der Waals surface area contributed by atoms with Crippen LogP contribution in [0, 0.1) is 0 Å². The van der Waals surface area contributed by atoms with E-state index in [-0.39, 0.29) is 0 Å². The first-order valence-corrected chi connectivity index (χ1v) is 9.69. The van der Waals surface area contributed by atoms with Crippen LogP contribution in [0.5, 0.6) is 0 Å². The number of hydrogen-bond acceptors (Lipinski definition) is 1. The molecule has 0 aliphatic carbocycles. The first-order valence-electron chi connectivity index (χ1n) is 5.90. The van der Waals surface area contributed by atoms with Gasteiger partial charge in [-0.3, -0.25) is 0 Å². The summed E-state index contributed by atoms with van der Waals surface area (Å²) < 4.78 is 0. The van der Waals surface area contributed by atoms with Gasteiger partial charge in [0.1, 0.15) is 0 Å². The lowest BCUT2D eigenvalue weighted by molar-refractivity contribution is 0.0229. The van der Waals surface area contributed by atoms with E-state index in [9.17, 15) is 5.11 Å². The molecule has 1 N–H and O–H groups in total. The molecule has 1 aromatic rings. The zero-order valence-corrected chi connectivity index (χ0v) is 11.7. The van der Waals surface area contributed by atoms with Crippen molar-refractivity contribution in [2.45, 2.75) is 43.6 Å². The highest BCUT2D eigenvalue weighted by molar-refractivity contribution is 6.77. The van der Waals surface area contributed by atoms with Crippen molar-refractivity contribution in [3.05, 3.63) is 34.9 Å². The quantitative estimate of drug-likeness (QED) is 0.751. The van der Waals surface area contributed by atoms with Gasteiger partial charge in [0.25, 0.3) is 0 Å². The summed E-state index contributed by atoms with van der Waals surface area (Å²) in [5.74, 6) is 0. The molecule has 0 atom stereocenters. The van der Waals surface area contributed by atoms with E-state index in [2.05, 4.69) is 13.1 Å². The van der Waals surface area contributed by atoms with E-state index in [1.807, 2.05) is 24.3 Å². The predicted octanol–water partition coefficient (Wildman–Crippen LogP) is 4.03. The van der Waals surface area contributed by atoms with Crippen LogP contribution in [0.1, 0.15) is 18.4 Å². The van der Waals surface area contributed by atoms with Crippen molar-refractivity contribution in [3.8, 4) is 0 Å². The SMILES string of the molecule is C[Si]1(C)CCC(O)(c2ccc(Cl)cc2)CC1. The van der Waals surface area contributed by atoms with Crippen molar-refractivity contribution in [1.29, 1.82) is 0 Å². The Bertz CT molecular complexity index is 362. The van der Waals surface area contributed by atoms with Gasteiger partial charge in [0.05, 0.1) is 5.60 Å². The van der Waals surface area contributed by atoms with Crippen LogP contribution in [-0.4, -0.2) is 13.2 Å². The third kappa shape index (κ3) is 2.50. The van der Waals surface area contributed by atoms with Gasteiger partial charge >= 0.3 is 0 Å². The van der Waals surface area contributed by atoms with E-state index >= 15 is 0 Å². The molecule has 1 aliphatic heterocycles. The molecule has 88 valence electrons. The summed E-state index contributed by atoms with van der Waals surface area (Å²) in [7, 11) is -1.01. The molecule has 2 rings (SSSR count). The maximum absolute atomic E-state index is 10.6. The summed E-state index contributed by atoms with van der Waals surface area (Å²) in [4.78, 5) is 0. The maximum atomic E-state index is 10.6. The second kappa shape index (κ2) is 4.17. The zero-order chi connectivity index (χ0) is 11.8. The summed E-state index contributed by atoms with van der Waals surface area (Å²) in [6.07, 6.45) is 1.82. The van der Waals surface area contributed by atoms with Crippen LogP contribution in [0.2, 0.25) is 30.2 Å². The molecule has 0 amide bonds. The summed E-state index contributed by atoms with van der Waals surface area (Å²) in [6, 6.07) is 10.1. The van der Waals surface area contributed by atoms with Crippen LogP contribution in [0.15, 0.2) is 24.3 Å². The highest BCUT2D eigenvalue weighted by Gasteiger charge is 2.38. The summed E-state index contributed by atoms with van der Waals surface area (Å²) in [6.45, 7) is 4.82. The minimum absolute atomic E-state index is 0.604. The molecule has 0 spiro atoms. The van der Waals surface area contributed by atoms with Gasteiger partial charge in [0.2, 0.25) is 0 Å². The Balaban J connectivity index is 2.18. The summed E-state index contributed by atoms with van der Waals surface area (Å²) in [5.41, 5.74) is 0.425. The number of hydrogen-bond donors (Lipinski definition) is 1. The second-order valence-electron chi connectivity index (χ2n) is 5.70. The normalized spacial score (nSPS) is 23.0. The molecule has 0 saturated carbocycles. The Morgan fingerprint density at radius 1 is 1.12 bits per heavy atom. The van der Waals surface area contributed by atoms with Crippen LogP contribution in [0.3, 0.4) is 0 Å². The van der Waals surface area contributed by atoms with E-state index in [1.54, 1.807) is 0 Å². The molecule has 0 unspecified atom stereocenters. The summed E-state index contributed by atoms with van der Waals surface area (Å²) in [5, 5.41) is 11.4. The van der Waals surface area contributed by atoms with E-state index < -0.39 is 13.7 Å². The number of aliphatic hydroxyl groups is 1. The topological polar surface area (TPSA) is 20.2 Å². The Morgan fingerprint density at radius 3 is 2.12 bits per heavy atom. The summed E-state index contributed by atoms with van der Waals surface area (Å²) >= 11 is 5.87. The Kier molecular flexibility index (Phi) is 3.17. The third-order valence-corrected chi connectivity index (χ3v) is 7.27. The van der Waals surface area contributed by atoms with Gasteiger partial charge in [-0.05, 0) is 30.5 Å². The first kappa shape index (κ1) is 12.2. The largest absolute Gasteiger partial charge is 0.385 e. The third-order valence-electron chi connectivity index (χ3n) is 3.81. The van der Waals surface area contributed by atoms with Crippen LogP contribution < -0.4 is 0 Å². The highest BCUT2D eigenvalue weighted by atomic mass is 35.5. The Labute approximate surface area is 103 Å². The molecule has 3 heteroatoms. The van der Waals surface area contributed by atoms with Gasteiger partial charge < -0.3 is 5.11 Å². The molecule has 1 saturated heterocycles. The number of benzene rings is 1. The average molecular weight is 255 g/mol. The number of rotatable bonds is 1.